The van der Waals surface area contributed by atoms with Gasteiger partial charge < -0.3 is 10.7 Å². The van der Waals surface area contributed by atoms with Gasteiger partial charge in [-0.05, 0) is 19.8 Å². The first-order valence-corrected chi connectivity index (χ1v) is 21.3. The first-order chi connectivity index (χ1) is 22.2. The summed E-state index contributed by atoms with van der Waals surface area (Å²) in [4.78, 5) is 26.0. The van der Waals surface area contributed by atoms with E-state index in [-0.39, 0.29) is 30.6 Å². The number of rotatable bonds is 37. The Bertz CT molecular complexity index is 757. The Hall–Kier alpha value is -0.830. The number of unbranched alkanes of at least 4 members (excludes halogenated alkanes) is 28. The van der Waals surface area contributed by atoms with Crippen LogP contribution in [0.2, 0.25) is 0 Å². The van der Waals surface area contributed by atoms with Gasteiger partial charge in [0.25, 0.3) is 0 Å². The Balaban J connectivity index is 0. The lowest BCUT2D eigenvalue weighted by Crippen LogP contribution is -2.36. The van der Waals surface area contributed by atoms with Crippen LogP contribution in [0.4, 0.5) is 0 Å². The smallest absolute Gasteiger partial charge is 0.217 e. The van der Waals surface area contributed by atoms with Crippen molar-refractivity contribution in [1.82, 2.24) is 6.15 Å². The SMILES string of the molecule is CCCCCCCCCCCCCCCCCC(=O)C(C(=O)CCCCCCCCCCCCCCCCC)C(C)OS(=O)(=O)[O-].[NH4+]. The molecule has 0 radical (unpaired) electrons. The molecule has 0 heterocycles. The van der Waals surface area contributed by atoms with E-state index in [0.29, 0.717) is 12.8 Å². The van der Waals surface area contributed by atoms with E-state index >= 15 is 0 Å². The summed E-state index contributed by atoms with van der Waals surface area (Å²) in [6.07, 6.45) is 36.1. The number of hydrogen-bond acceptors (Lipinski definition) is 6. The zero-order valence-electron chi connectivity index (χ0n) is 31.6. The minimum Gasteiger partial charge on any atom is -0.726 e. The summed E-state index contributed by atoms with van der Waals surface area (Å²) in [5, 5.41) is 0. The van der Waals surface area contributed by atoms with Gasteiger partial charge in [0.2, 0.25) is 10.4 Å². The van der Waals surface area contributed by atoms with Crippen LogP contribution >= 0.6 is 0 Å². The highest BCUT2D eigenvalue weighted by Gasteiger charge is 2.33. The van der Waals surface area contributed by atoms with Crippen LogP contribution in [-0.2, 0) is 24.2 Å². The molecule has 0 bridgehead atoms. The normalized spacial score (nSPS) is 12.4. The predicted molar refractivity (Wildman–Crippen MR) is 199 cm³/mol. The number of carbonyl (C=O) groups is 2. The number of hydrogen-bond donors (Lipinski definition) is 1. The monoisotopic (exact) mass is 690 g/mol. The van der Waals surface area contributed by atoms with Crippen LogP contribution in [0.15, 0.2) is 0 Å². The predicted octanol–water partition coefficient (Wildman–Crippen LogP) is 12.5. The van der Waals surface area contributed by atoms with Crippen LogP contribution in [0.5, 0.6) is 0 Å². The van der Waals surface area contributed by atoms with E-state index in [2.05, 4.69) is 18.0 Å². The first kappa shape index (κ1) is 48.3. The summed E-state index contributed by atoms with van der Waals surface area (Å²) < 4.78 is 38.2. The Morgan fingerprint density at radius 3 is 0.894 bits per heavy atom. The maximum absolute atomic E-state index is 13.0. The minimum atomic E-state index is -4.99. The van der Waals surface area contributed by atoms with Crippen molar-refractivity contribution in [2.75, 3.05) is 0 Å². The van der Waals surface area contributed by atoms with Gasteiger partial charge in [0.05, 0.1) is 6.10 Å². The van der Waals surface area contributed by atoms with Gasteiger partial charge in [-0.1, -0.05) is 194 Å². The Labute approximate surface area is 292 Å². The molecule has 282 valence electrons. The van der Waals surface area contributed by atoms with Gasteiger partial charge in [-0.3, -0.25) is 13.8 Å². The van der Waals surface area contributed by atoms with Crippen molar-refractivity contribution >= 4 is 22.0 Å². The molecule has 0 spiro atoms. The van der Waals surface area contributed by atoms with Crippen molar-refractivity contribution in [3.63, 3.8) is 0 Å². The third-order valence-electron chi connectivity index (χ3n) is 9.49. The van der Waals surface area contributed by atoms with Crippen molar-refractivity contribution in [3.8, 4) is 0 Å². The molecule has 0 aromatic heterocycles. The van der Waals surface area contributed by atoms with Gasteiger partial charge in [-0.15, -0.1) is 0 Å². The van der Waals surface area contributed by atoms with Gasteiger partial charge in [-0.25, -0.2) is 8.42 Å². The number of Topliss-reactive ketones (excluding diaryl/α,β-unsaturated/α-hetero) is 2. The highest BCUT2D eigenvalue weighted by Crippen LogP contribution is 2.21. The molecule has 0 aliphatic carbocycles. The van der Waals surface area contributed by atoms with E-state index < -0.39 is 22.4 Å². The van der Waals surface area contributed by atoms with Crippen LogP contribution < -0.4 is 6.15 Å². The first-order valence-electron chi connectivity index (χ1n) is 19.9. The van der Waals surface area contributed by atoms with E-state index in [1.807, 2.05) is 0 Å². The van der Waals surface area contributed by atoms with Crippen molar-refractivity contribution in [1.29, 1.82) is 0 Å². The standard InChI is InChI=1S/C39H76O6S.H3N/c1-4-6-8-10-12-14-16-18-20-22-24-26-28-30-32-34-37(40)39(36(3)45-46(42,43)44)38(41)35-33-31-29-27-25-23-21-19-17-15-13-11-9-7-5-2;/h36,39H,4-35H2,1-3H3,(H,42,43,44);1H3. The zero-order valence-corrected chi connectivity index (χ0v) is 32.5. The lowest BCUT2D eigenvalue weighted by atomic mass is 9.88. The van der Waals surface area contributed by atoms with Gasteiger partial charge in [0.15, 0.2) is 0 Å². The molecule has 1 atom stereocenters. The minimum absolute atomic E-state index is 0. The van der Waals surface area contributed by atoms with Crippen molar-refractivity contribution in [2.24, 2.45) is 5.92 Å². The Morgan fingerprint density at radius 2 is 0.681 bits per heavy atom. The molecule has 0 aliphatic rings. The molecule has 7 nitrogen and oxygen atoms in total. The van der Waals surface area contributed by atoms with Crippen LogP contribution in [0.25, 0.3) is 0 Å². The molecule has 0 amide bonds. The van der Waals surface area contributed by atoms with Crippen molar-refractivity contribution in [3.05, 3.63) is 0 Å². The summed E-state index contributed by atoms with van der Waals surface area (Å²) >= 11 is 0. The average molecular weight is 690 g/mol. The Kier molecular flexibility index (Phi) is 36.0. The summed E-state index contributed by atoms with van der Waals surface area (Å²) in [5.74, 6) is -1.77. The second kappa shape index (κ2) is 35.0. The van der Waals surface area contributed by atoms with E-state index in [1.165, 1.54) is 148 Å². The second-order valence-corrected chi connectivity index (χ2v) is 15.0. The van der Waals surface area contributed by atoms with Gasteiger partial charge in [-0.2, -0.15) is 0 Å². The number of quaternary nitrogens is 1. The van der Waals surface area contributed by atoms with E-state index in [1.54, 1.807) is 0 Å². The molecule has 4 N–H and O–H groups in total. The fourth-order valence-corrected chi connectivity index (χ4v) is 7.08. The van der Waals surface area contributed by atoms with E-state index in [4.69, 9.17) is 0 Å². The number of ketones is 2. The molecule has 8 heteroatoms. The molecule has 0 aromatic carbocycles. The molecule has 47 heavy (non-hydrogen) atoms. The summed E-state index contributed by atoms with van der Waals surface area (Å²) in [7, 11) is -4.99. The van der Waals surface area contributed by atoms with Crippen molar-refractivity contribution < 1.29 is 26.7 Å². The van der Waals surface area contributed by atoms with Gasteiger partial charge in [0.1, 0.15) is 17.5 Å². The second-order valence-electron chi connectivity index (χ2n) is 14.0. The molecule has 0 rings (SSSR count). The third-order valence-corrected chi connectivity index (χ3v) is 10.0. The molecule has 0 saturated carbocycles. The molecule has 0 aliphatic heterocycles. The topological polar surface area (TPSA) is 137 Å². The molecule has 0 aromatic rings. The van der Waals surface area contributed by atoms with Crippen molar-refractivity contribution in [2.45, 2.75) is 232 Å². The molecular weight excluding hydrogens is 610 g/mol. The molecule has 0 fully saturated rings. The zero-order chi connectivity index (χ0) is 34.1. The van der Waals surface area contributed by atoms with Crippen LogP contribution in [0.1, 0.15) is 226 Å². The summed E-state index contributed by atoms with van der Waals surface area (Å²) in [5.41, 5.74) is 0. The fraction of sp³-hybridized carbons (Fsp3) is 0.949. The average Bonchev–Trinajstić information content (AvgIpc) is 3.00. The van der Waals surface area contributed by atoms with Crippen LogP contribution in [0, 0.1) is 5.92 Å². The van der Waals surface area contributed by atoms with E-state index in [9.17, 15) is 22.6 Å². The number of carbonyl (C=O) groups excluding carboxylic acids is 2. The van der Waals surface area contributed by atoms with Gasteiger partial charge >= 0.3 is 0 Å². The summed E-state index contributed by atoms with van der Waals surface area (Å²) in [6, 6.07) is 0. The van der Waals surface area contributed by atoms with Crippen LogP contribution in [-0.4, -0.2) is 30.6 Å². The molecule has 1 unspecified atom stereocenters. The Morgan fingerprint density at radius 1 is 0.468 bits per heavy atom. The maximum atomic E-state index is 13.0. The maximum Gasteiger partial charge on any atom is 0.217 e. The molecule has 0 saturated heterocycles. The van der Waals surface area contributed by atoms with Crippen LogP contribution in [0.3, 0.4) is 0 Å². The third kappa shape index (κ3) is 33.4. The van der Waals surface area contributed by atoms with Gasteiger partial charge in [0, 0.05) is 12.8 Å². The largest absolute Gasteiger partial charge is 0.726 e. The fourth-order valence-electron chi connectivity index (χ4n) is 6.60. The molecular formula is C39H79NO6S. The summed E-state index contributed by atoms with van der Waals surface area (Å²) in [6.45, 7) is 5.87. The highest BCUT2D eigenvalue weighted by molar-refractivity contribution is 7.80. The highest BCUT2D eigenvalue weighted by atomic mass is 32.3. The lowest BCUT2D eigenvalue weighted by Gasteiger charge is -2.23. The lowest BCUT2D eigenvalue weighted by molar-refractivity contribution is -0.136. The quantitative estimate of drug-likeness (QED) is 0.0298. The van der Waals surface area contributed by atoms with E-state index in [0.717, 1.165) is 38.5 Å².